The zero-order valence-corrected chi connectivity index (χ0v) is 22.0. The van der Waals surface area contributed by atoms with Crippen molar-refractivity contribution in [2.24, 2.45) is 0 Å². The Bertz CT molecular complexity index is 1460. The summed E-state index contributed by atoms with van der Waals surface area (Å²) >= 11 is 13.5. The van der Waals surface area contributed by atoms with Gasteiger partial charge in [0.2, 0.25) is 11.5 Å². The lowest BCUT2D eigenvalue weighted by atomic mass is 10.1. The van der Waals surface area contributed by atoms with Crippen LogP contribution in [-0.4, -0.2) is 65.6 Å². The molecule has 1 fully saturated rings. The summed E-state index contributed by atoms with van der Waals surface area (Å²) in [5.41, 5.74) is 0.466. The number of morpholine rings is 1. The lowest BCUT2D eigenvalue weighted by molar-refractivity contribution is -0.123. The second-order valence-corrected chi connectivity index (χ2v) is 10.9. The second-order valence-electron chi connectivity index (χ2n) is 8.98. The minimum absolute atomic E-state index is 0.0112. The van der Waals surface area contributed by atoms with Crippen LogP contribution in [0.1, 0.15) is 24.3 Å². The van der Waals surface area contributed by atoms with E-state index >= 15 is 0 Å². The maximum absolute atomic E-state index is 12.9. The fourth-order valence-corrected chi connectivity index (χ4v) is 5.72. The van der Waals surface area contributed by atoms with E-state index in [1.54, 1.807) is 29.1 Å². The molecule has 4 heterocycles. The molecular formula is C24H25Cl2N5O4S. The van der Waals surface area contributed by atoms with Gasteiger partial charge in [0.25, 0.3) is 0 Å². The van der Waals surface area contributed by atoms with Crippen LogP contribution in [0.2, 0.25) is 10.0 Å². The molecule has 36 heavy (non-hydrogen) atoms. The average Bonchev–Trinajstić information content (AvgIpc) is 3.45. The molecule has 0 amide bonds. The largest absolute Gasteiger partial charge is 0.501 e. The first-order valence-electron chi connectivity index (χ1n) is 11.5. The van der Waals surface area contributed by atoms with Gasteiger partial charge in [-0.1, -0.05) is 29.3 Å². The zero-order valence-electron chi connectivity index (χ0n) is 19.6. The predicted octanol–water partition coefficient (Wildman–Crippen LogP) is 3.65. The highest BCUT2D eigenvalue weighted by Gasteiger charge is 2.28. The summed E-state index contributed by atoms with van der Waals surface area (Å²) in [6.45, 7) is 5.35. The number of aromatic hydroxyl groups is 1. The van der Waals surface area contributed by atoms with Gasteiger partial charge >= 0.3 is 5.56 Å². The number of hydrogen-bond donors (Lipinski definition) is 2. The van der Waals surface area contributed by atoms with E-state index in [1.165, 1.54) is 21.9 Å². The number of hydrogen-bond acceptors (Lipinski definition) is 8. The molecule has 1 aromatic carbocycles. The minimum Gasteiger partial charge on any atom is -0.501 e. The Morgan fingerprint density at radius 2 is 1.94 bits per heavy atom. The highest BCUT2D eigenvalue weighted by molar-refractivity contribution is 7.15. The number of ether oxygens (including phenoxy) is 1. The molecule has 0 bridgehead atoms. The summed E-state index contributed by atoms with van der Waals surface area (Å²) in [4.78, 5) is 24.7. The zero-order chi connectivity index (χ0) is 25.6. The fourth-order valence-electron chi connectivity index (χ4n) is 4.46. The number of aliphatic hydroxyl groups is 1. The maximum atomic E-state index is 12.9. The molecular weight excluding hydrogens is 525 g/mol. The van der Waals surface area contributed by atoms with Crippen molar-refractivity contribution in [3.05, 3.63) is 67.6 Å². The molecule has 9 nitrogen and oxygen atoms in total. The topological polar surface area (TPSA) is 105 Å². The molecule has 4 aromatic rings. The molecule has 190 valence electrons. The van der Waals surface area contributed by atoms with E-state index in [1.807, 2.05) is 24.8 Å². The Morgan fingerprint density at radius 1 is 1.19 bits per heavy atom. The minimum atomic E-state index is -0.790. The van der Waals surface area contributed by atoms with Gasteiger partial charge in [-0.3, -0.25) is 9.69 Å². The standard InChI is InChI=1S/C24H25Cl2N5O4S/c1-13-10-30(11-14(2)35-13)19(32)12-29-5-6-31-23(34)21(33)20(28-24(29)31)22-27-9-16(36-22)7-15-3-4-17(25)18(26)8-15/h3-6,8-9,13-14,19,32-33H,7,10-12H2,1-2H3. The van der Waals surface area contributed by atoms with Crippen molar-refractivity contribution in [1.29, 1.82) is 0 Å². The quantitative estimate of drug-likeness (QED) is 0.378. The van der Waals surface area contributed by atoms with E-state index in [2.05, 4.69) is 9.97 Å². The van der Waals surface area contributed by atoms with Crippen LogP contribution in [-0.2, 0) is 17.7 Å². The Balaban J connectivity index is 1.43. The highest BCUT2D eigenvalue weighted by Crippen LogP contribution is 2.31. The van der Waals surface area contributed by atoms with Gasteiger partial charge < -0.3 is 19.5 Å². The normalized spacial score (nSPS) is 19.7. The van der Waals surface area contributed by atoms with Crippen LogP contribution >= 0.6 is 34.5 Å². The summed E-state index contributed by atoms with van der Waals surface area (Å²) in [6, 6.07) is 5.42. The van der Waals surface area contributed by atoms with E-state index in [-0.39, 0.29) is 24.4 Å². The van der Waals surface area contributed by atoms with Crippen LogP contribution in [0.25, 0.3) is 16.5 Å². The van der Waals surface area contributed by atoms with E-state index in [9.17, 15) is 15.0 Å². The van der Waals surface area contributed by atoms with Crippen molar-refractivity contribution < 1.29 is 14.9 Å². The molecule has 0 aliphatic carbocycles. The highest BCUT2D eigenvalue weighted by atomic mass is 35.5. The number of fused-ring (bicyclic) bond motifs is 1. The van der Waals surface area contributed by atoms with Gasteiger partial charge in [0, 0.05) is 43.0 Å². The molecule has 0 saturated carbocycles. The van der Waals surface area contributed by atoms with Crippen molar-refractivity contribution in [1.82, 2.24) is 23.8 Å². The molecule has 3 aromatic heterocycles. The first-order chi connectivity index (χ1) is 17.2. The average molecular weight is 550 g/mol. The van der Waals surface area contributed by atoms with Crippen molar-refractivity contribution in [2.75, 3.05) is 13.1 Å². The summed E-state index contributed by atoms with van der Waals surface area (Å²) in [5.74, 6) is -0.167. The number of nitrogens with zero attached hydrogens (tertiary/aromatic N) is 5. The maximum Gasteiger partial charge on any atom is 0.302 e. The van der Waals surface area contributed by atoms with Crippen LogP contribution in [0.15, 0.2) is 41.6 Å². The summed E-state index contributed by atoms with van der Waals surface area (Å²) in [7, 11) is 0. The molecule has 0 spiro atoms. The molecule has 12 heteroatoms. The first kappa shape index (κ1) is 25.2. The van der Waals surface area contributed by atoms with Crippen LogP contribution in [0, 0.1) is 0 Å². The number of aromatic nitrogens is 4. The lowest BCUT2D eigenvalue weighted by Gasteiger charge is -2.38. The van der Waals surface area contributed by atoms with Crippen molar-refractivity contribution in [2.45, 2.75) is 45.2 Å². The summed E-state index contributed by atoms with van der Waals surface area (Å²) in [6.07, 6.45) is 4.69. The van der Waals surface area contributed by atoms with Gasteiger partial charge in [-0.25, -0.2) is 14.4 Å². The van der Waals surface area contributed by atoms with E-state index in [4.69, 9.17) is 27.9 Å². The van der Waals surface area contributed by atoms with Crippen molar-refractivity contribution in [3.63, 3.8) is 0 Å². The third kappa shape index (κ3) is 5.02. The van der Waals surface area contributed by atoms with Crippen LogP contribution < -0.4 is 5.56 Å². The van der Waals surface area contributed by atoms with Crippen LogP contribution in [0.3, 0.4) is 0 Å². The molecule has 1 aliphatic rings. The van der Waals surface area contributed by atoms with Crippen molar-refractivity contribution >= 4 is 40.3 Å². The predicted molar refractivity (Wildman–Crippen MR) is 139 cm³/mol. The van der Waals surface area contributed by atoms with Gasteiger partial charge in [0.1, 0.15) is 11.2 Å². The number of aliphatic hydroxyl groups excluding tert-OH is 1. The number of imidazole rings is 1. The number of halogens is 2. The monoisotopic (exact) mass is 549 g/mol. The molecule has 2 N–H and O–H groups in total. The Hall–Kier alpha value is -2.47. The Labute approximate surface area is 221 Å². The molecule has 0 radical (unpaired) electrons. The Morgan fingerprint density at radius 3 is 2.67 bits per heavy atom. The Kier molecular flexibility index (Phi) is 7.08. The molecule has 3 atom stereocenters. The van der Waals surface area contributed by atoms with Gasteiger partial charge in [0.15, 0.2) is 5.69 Å². The lowest BCUT2D eigenvalue weighted by Crippen LogP contribution is -2.51. The SMILES string of the molecule is CC1CN(C(O)Cn2ccn3c(=O)c(O)c(-c4ncc(Cc5ccc(Cl)c(Cl)c5)s4)nc23)CC(C)O1. The van der Waals surface area contributed by atoms with E-state index < -0.39 is 17.5 Å². The summed E-state index contributed by atoms with van der Waals surface area (Å²) < 4.78 is 8.72. The van der Waals surface area contributed by atoms with Crippen LogP contribution in [0.4, 0.5) is 0 Å². The summed E-state index contributed by atoms with van der Waals surface area (Å²) in [5, 5.41) is 22.9. The van der Waals surface area contributed by atoms with E-state index in [0.29, 0.717) is 40.3 Å². The third-order valence-electron chi connectivity index (χ3n) is 6.07. The fraction of sp³-hybridized carbons (Fsp3) is 0.375. The molecule has 1 saturated heterocycles. The van der Waals surface area contributed by atoms with Gasteiger partial charge in [-0.05, 0) is 31.5 Å². The molecule has 3 unspecified atom stereocenters. The molecule has 5 rings (SSSR count). The van der Waals surface area contributed by atoms with E-state index in [0.717, 1.165) is 10.4 Å². The van der Waals surface area contributed by atoms with Crippen molar-refractivity contribution in [3.8, 4) is 16.5 Å². The van der Waals surface area contributed by atoms with Gasteiger partial charge in [0.05, 0.1) is 28.8 Å². The third-order valence-corrected chi connectivity index (χ3v) is 7.82. The van der Waals surface area contributed by atoms with Gasteiger partial charge in [-0.15, -0.1) is 11.3 Å². The molecule has 1 aliphatic heterocycles. The second kappa shape index (κ2) is 10.1. The smallest absolute Gasteiger partial charge is 0.302 e. The number of thiazole rings is 1. The van der Waals surface area contributed by atoms with Gasteiger partial charge in [-0.2, -0.15) is 0 Å². The number of benzene rings is 1. The first-order valence-corrected chi connectivity index (χ1v) is 13.0. The van der Waals surface area contributed by atoms with Crippen LogP contribution in [0.5, 0.6) is 5.75 Å². The number of rotatable bonds is 6.